The molecular weight excluding hydrogens is 347 g/mol. The van der Waals surface area contributed by atoms with Gasteiger partial charge in [-0.1, -0.05) is 29.3 Å². The molecule has 2 heterocycles. The van der Waals surface area contributed by atoms with Crippen molar-refractivity contribution in [1.82, 2.24) is 9.97 Å². The zero-order chi connectivity index (χ0) is 16.9. The molecule has 24 heavy (non-hydrogen) atoms. The van der Waals surface area contributed by atoms with Crippen molar-refractivity contribution in [1.29, 1.82) is 0 Å². The molecule has 0 saturated carbocycles. The van der Waals surface area contributed by atoms with E-state index >= 15 is 0 Å². The van der Waals surface area contributed by atoms with Crippen LogP contribution in [0.1, 0.15) is 41.6 Å². The van der Waals surface area contributed by atoms with Gasteiger partial charge in [0, 0.05) is 18.0 Å². The van der Waals surface area contributed by atoms with Crippen molar-refractivity contribution in [3.8, 4) is 5.75 Å². The molecule has 0 fully saturated rings. The fourth-order valence-corrected chi connectivity index (χ4v) is 3.31. The van der Waals surface area contributed by atoms with Crippen molar-refractivity contribution in [2.24, 2.45) is 0 Å². The van der Waals surface area contributed by atoms with Crippen molar-refractivity contribution in [2.45, 2.75) is 25.7 Å². The van der Waals surface area contributed by atoms with Crippen LogP contribution in [-0.2, 0) is 0 Å². The number of nitrogens with zero attached hydrogens (tertiary/aromatic N) is 2. The minimum Gasteiger partial charge on any atom is -0.487 e. The van der Waals surface area contributed by atoms with Crippen LogP contribution in [0.2, 0.25) is 10.2 Å². The van der Waals surface area contributed by atoms with Gasteiger partial charge in [0.25, 0.3) is 0 Å². The molecule has 0 saturated heterocycles. The van der Waals surface area contributed by atoms with Gasteiger partial charge in [-0.15, -0.1) is 0 Å². The fraction of sp³-hybridized carbons (Fsp3) is 0.278. The summed E-state index contributed by atoms with van der Waals surface area (Å²) < 4.78 is 5.84. The van der Waals surface area contributed by atoms with E-state index < -0.39 is 0 Å². The van der Waals surface area contributed by atoms with Crippen LogP contribution in [0.4, 0.5) is 0 Å². The van der Waals surface area contributed by atoms with E-state index in [1.54, 1.807) is 6.20 Å². The molecule has 1 aliphatic rings. The van der Waals surface area contributed by atoms with E-state index in [-0.39, 0.29) is 5.02 Å². The molecule has 0 aromatic carbocycles. The second kappa shape index (κ2) is 7.77. The van der Waals surface area contributed by atoms with E-state index in [1.165, 1.54) is 23.5 Å². The number of hydrogen-bond donors (Lipinski definition) is 0. The first-order valence-corrected chi connectivity index (χ1v) is 8.49. The van der Waals surface area contributed by atoms with Gasteiger partial charge in [-0.2, -0.15) is 0 Å². The number of hydrogen-bond acceptors (Lipinski definition) is 4. The maximum Gasteiger partial charge on any atom is 0.155 e. The summed E-state index contributed by atoms with van der Waals surface area (Å²) >= 11 is 12.2. The van der Waals surface area contributed by atoms with Gasteiger partial charge in [0.15, 0.2) is 6.29 Å². The molecule has 0 aliphatic heterocycles. The topological polar surface area (TPSA) is 52.1 Å². The Hall–Kier alpha value is -1.91. The molecule has 0 radical (unpaired) electrons. The van der Waals surface area contributed by atoms with E-state index in [0.29, 0.717) is 29.4 Å². The fourth-order valence-electron chi connectivity index (χ4n) is 2.88. The second-order valence-corrected chi connectivity index (χ2v) is 6.34. The molecule has 0 unspecified atom stereocenters. The van der Waals surface area contributed by atoms with Gasteiger partial charge in [-0.3, -0.25) is 9.78 Å². The molecule has 2 aromatic rings. The van der Waals surface area contributed by atoms with Gasteiger partial charge in [0.05, 0.1) is 16.8 Å². The Kier molecular flexibility index (Phi) is 5.48. The largest absolute Gasteiger partial charge is 0.487 e. The van der Waals surface area contributed by atoms with Gasteiger partial charge in [0.2, 0.25) is 0 Å². The van der Waals surface area contributed by atoms with Crippen LogP contribution in [0.15, 0.2) is 36.3 Å². The van der Waals surface area contributed by atoms with Crippen LogP contribution in [0.5, 0.6) is 5.75 Å². The van der Waals surface area contributed by atoms with E-state index in [1.807, 2.05) is 12.1 Å². The van der Waals surface area contributed by atoms with Crippen molar-refractivity contribution in [3.05, 3.63) is 57.6 Å². The lowest BCUT2D eigenvalue weighted by atomic mass is 9.88. The number of aromatic nitrogens is 2. The van der Waals surface area contributed by atoms with Crippen LogP contribution < -0.4 is 4.74 Å². The third-order valence-electron chi connectivity index (χ3n) is 4.09. The lowest BCUT2D eigenvalue weighted by Crippen LogP contribution is -2.10. The van der Waals surface area contributed by atoms with Crippen molar-refractivity contribution < 1.29 is 9.53 Å². The van der Waals surface area contributed by atoms with Gasteiger partial charge in [0.1, 0.15) is 17.5 Å². The third kappa shape index (κ3) is 3.60. The lowest BCUT2D eigenvalue weighted by Gasteiger charge is -2.21. The Labute approximate surface area is 150 Å². The maximum absolute atomic E-state index is 11.2. The van der Waals surface area contributed by atoms with E-state index in [2.05, 4.69) is 9.97 Å². The summed E-state index contributed by atoms with van der Waals surface area (Å²) in [6.07, 6.45) is 9.40. The van der Waals surface area contributed by atoms with Gasteiger partial charge < -0.3 is 4.74 Å². The molecule has 6 heteroatoms. The molecule has 2 aromatic heterocycles. The summed E-state index contributed by atoms with van der Waals surface area (Å²) in [4.78, 5) is 19.3. The molecule has 0 atom stereocenters. The summed E-state index contributed by atoms with van der Waals surface area (Å²) in [7, 11) is 0. The monoisotopic (exact) mass is 362 g/mol. The summed E-state index contributed by atoms with van der Waals surface area (Å²) in [5, 5.41) is 0.792. The molecular formula is C18H16Cl2N2O2. The highest BCUT2D eigenvalue weighted by Crippen LogP contribution is 2.35. The lowest BCUT2D eigenvalue weighted by molar-refractivity contribution is 0.112. The predicted octanol–water partition coefficient (Wildman–Crippen LogP) is 5.00. The number of halogens is 2. The Bertz CT molecular complexity index is 790. The zero-order valence-corrected chi connectivity index (χ0v) is 14.5. The Morgan fingerprint density at radius 3 is 2.83 bits per heavy atom. The third-order valence-corrected chi connectivity index (χ3v) is 4.69. The average molecular weight is 363 g/mol. The molecule has 124 valence electrons. The summed E-state index contributed by atoms with van der Waals surface area (Å²) in [6, 6.07) is 3.86. The predicted molar refractivity (Wildman–Crippen MR) is 94.8 cm³/mol. The van der Waals surface area contributed by atoms with Crippen LogP contribution in [0.25, 0.3) is 5.57 Å². The maximum atomic E-state index is 11.2. The number of carbonyl (C=O) groups excluding carboxylic acids is 1. The Balaban J connectivity index is 1.88. The molecule has 0 N–H and O–H groups in total. The summed E-state index contributed by atoms with van der Waals surface area (Å²) in [5.74, 6) is 0.396. The van der Waals surface area contributed by atoms with E-state index in [4.69, 9.17) is 27.9 Å². The minimum atomic E-state index is 0.288. The van der Waals surface area contributed by atoms with Crippen molar-refractivity contribution >= 4 is 35.1 Å². The van der Waals surface area contributed by atoms with Crippen LogP contribution >= 0.6 is 23.2 Å². The van der Waals surface area contributed by atoms with Crippen LogP contribution in [-0.4, -0.2) is 22.9 Å². The summed E-state index contributed by atoms with van der Waals surface area (Å²) in [6.45, 7) is 0.378. The highest BCUT2D eigenvalue weighted by atomic mass is 35.5. The van der Waals surface area contributed by atoms with E-state index in [9.17, 15) is 4.79 Å². The average Bonchev–Trinajstić information content (AvgIpc) is 2.61. The first-order chi connectivity index (χ1) is 11.7. The number of rotatable bonds is 5. The van der Waals surface area contributed by atoms with Crippen molar-refractivity contribution in [2.75, 3.05) is 6.61 Å². The number of aldehydes is 1. The van der Waals surface area contributed by atoms with Crippen LogP contribution in [0, 0.1) is 0 Å². The van der Waals surface area contributed by atoms with Gasteiger partial charge in [-0.25, -0.2) is 4.98 Å². The Morgan fingerprint density at radius 2 is 2.04 bits per heavy atom. The Morgan fingerprint density at radius 1 is 1.21 bits per heavy atom. The molecule has 0 amide bonds. The zero-order valence-electron chi connectivity index (χ0n) is 13.0. The minimum absolute atomic E-state index is 0.288. The number of pyridine rings is 2. The number of allylic oxidation sites excluding steroid dienone is 1. The number of carbonyl (C=O) groups is 1. The van der Waals surface area contributed by atoms with E-state index in [0.717, 1.165) is 31.2 Å². The SMILES string of the molecule is O=Cc1c(Cl)cncc1OCC1=C(c2cccnc2Cl)CCCC1. The molecule has 0 bridgehead atoms. The van der Waals surface area contributed by atoms with Crippen molar-refractivity contribution in [3.63, 3.8) is 0 Å². The van der Waals surface area contributed by atoms with Gasteiger partial charge in [-0.05, 0) is 42.9 Å². The summed E-state index contributed by atoms with van der Waals surface area (Å²) in [5.41, 5.74) is 3.64. The standard InChI is InChI=1S/C18H16Cl2N2O2/c19-16-8-21-9-17(15(16)10-23)24-11-12-4-1-2-5-13(12)14-6-3-7-22-18(14)20/h3,6-10H,1-2,4-5,11H2. The highest BCUT2D eigenvalue weighted by Gasteiger charge is 2.18. The molecule has 3 rings (SSSR count). The second-order valence-electron chi connectivity index (χ2n) is 5.57. The first-order valence-electron chi connectivity index (χ1n) is 7.74. The molecule has 4 nitrogen and oxygen atoms in total. The highest BCUT2D eigenvalue weighted by molar-refractivity contribution is 6.33. The quantitative estimate of drug-likeness (QED) is 0.554. The molecule has 0 spiro atoms. The van der Waals surface area contributed by atoms with Gasteiger partial charge >= 0.3 is 0 Å². The normalized spacial score (nSPS) is 14.6. The van der Waals surface area contributed by atoms with Crippen LogP contribution in [0.3, 0.4) is 0 Å². The molecule has 1 aliphatic carbocycles. The smallest absolute Gasteiger partial charge is 0.155 e. The first kappa shape index (κ1) is 16.9. The number of ether oxygens (including phenoxy) is 1.